The fraction of sp³-hybridized carbons (Fsp3) is 0.219. The summed E-state index contributed by atoms with van der Waals surface area (Å²) in [7, 11) is -2.83. The Kier molecular flexibility index (Phi) is 10.2. The molecule has 0 saturated heterocycles. The van der Waals surface area contributed by atoms with Crippen LogP contribution in [0.5, 0.6) is 34.5 Å². The van der Waals surface area contributed by atoms with Gasteiger partial charge in [0.1, 0.15) is 19.0 Å². The summed E-state index contributed by atoms with van der Waals surface area (Å²) in [6.07, 6.45) is 0.753. The lowest BCUT2D eigenvalue weighted by atomic mass is 10.1. The molecule has 0 spiro atoms. The van der Waals surface area contributed by atoms with Gasteiger partial charge in [-0.05, 0) is 62.4 Å². The third-order valence-corrected chi connectivity index (χ3v) is 7.75. The number of nitrogens with zero attached hydrogens (tertiary/aromatic N) is 1. The van der Waals surface area contributed by atoms with E-state index in [4.69, 9.17) is 28.4 Å². The molecule has 1 aromatic heterocycles. The topological polar surface area (TPSA) is 173 Å². The molecule has 0 saturated carbocycles. The van der Waals surface area contributed by atoms with Gasteiger partial charge in [-0.1, -0.05) is 18.2 Å². The van der Waals surface area contributed by atoms with Gasteiger partial charge < -0.3 is 33.7 Å². The molecule has 5 rings (SSSR count). The second kappa shape index (κ2) is 14.6. The Morgan fingerprint density at radius 2 is 1.68 bits per heavy atom. The van der Waals surface area contributed by atoms with Crippen LogP contribution in [0.4, 0.5) is 16.3 Å². The van der Waals surface area contributed by atoms with Crippen molar-refractivity contribution < 1.29 is 46.4 Å². The molecule has 0 radical (unpaired) electrons. The first-order valence-electron chi connectivity index (χ1n) is 14.3. The maximum atomic E-state index is 13.7. The molecule has 0 atom stereocenters. The van der Waals surface area contributed by atoms with Gasteiger partial charge in [-0.2, -0.15) is 0 Å². The van der Waals surface area contributed by atoms with E-state index in [0.717, 1.165) is 0 Å². The molecule has 2 amide bonds. The lowest BCUT2D eigenvalue weighted by Crippen LogP contribution is -2.30. The summed E-state index contributed by atoms with van der Waals surface area (Å²) in [6.45, 7) is 3.12. The van der Waals surface area contributed by atoms with Crippen LogP contribution in [0.3, 0.4) is 0 Å². The number of rotatable bonds is 13. The second-order valence-corrected chi connectivity index (χ2v) is 11.9. The number of methoxy groups -OCH3 is 1. The molecule has 0 bridgehead atoms. The maximum absolute atomic E-state index is 13.7. The number of fused-ring (bicyclic) bond motifs is 1. The zero-order chi connectivity index (χ0) is 33.4. The summed E-state index contributed by atoms with van der Waals surface area (Å²) < 4.78 is 63.4. The number of hydrogen-bond acceptors (Lipinski definition) is 11. The Hall–Kier alpha value is -5.70. The van der Waals surface area contributed by atoms with E-state index in [1.807, 2.05) is 0 Å². The number of carbonyl (C=O) groups is 2. The van der Waals surface area contributed by atoms with Crippen molar-refractivity contribution in [1.29, 1.82) is 0 Å². The Morgan fingerprint density at radius 3 is 2.43 bits per heavy atom. The Balaban J connectivity index is 1.49. The standard InChI is InChI=1S/C32H32N4O10S/c1-20(2)34-31(37)21-16-23(36-47(39,40)22-11-12-25-27(18-22)45-19-44-25)30(46-26-9-5-4-8-24(26)41-3)28(17-21)42-14-15-43-32(38)35-29-10-6-7-13-33-29/h4-13,16-18,20,36H,14-15,19H2,1-3H3,(H,34,37)(H,33,35,38). The number of amides is 2. The predicted molar refractivity (Wildman–Crippen MR) is 170 cm³/mol. The maximum Gasteiger partial charge on any atom is 0.412 e. The van der Waals surface area contributed by atoms with Crippen molar-refractivity contribution in [2.45, 2.75) is 24.8 Å². The van der Waals surface area contributed by atoms with Crippen molar-refractivity contribution in [3.05, 3.63) is 84.6 Å². The first-order valence-corrected chi connectivity index (χ1v) is 15.8. The van der Waals surface area contributed by atoms with E-state index in [-0.39, 0.29) is 65.2 Å². The number of hydrogen-bond donors (Lipinski definition) is 3. The van der Waals surface area contributed by atoms with E-state index in [1.54, 1.807) is 56.3 Å². The van der Waals surface area contributed by atoms with Gasteiger partial charge in [0, 0.05) is 23.9 Å². The summed E-state index contributed by atoms with van der Waals surface area (Å²) in [5.41, 5.74) is -0.0490. The average Bonchev–Trinajstić information content (AvgIpc) is 3.53. The molecule has 47 heavy (non-hydrogen) atoms. The predicted octanol–water partition coefficient (Wildman–Crippen LogP) is 5.18. The van der Waals surface area contributed by atoms with Gasteiger partial charge in [0.15, 0.2) is 34.5 Å². The molecule has 0 aliphatic carbocycles. The van der Waals surface area contributed by atoms with Crippen LogP contribution < -0.4 is 39.0 Å². The van der Waals surface area contributed by atoms with E-state index in [0.29, 0.717) is 17.3 Å². The van der Waals surface area contributed by atoms with Crippen molar-refractivity contribution in [1.82, 2.24) is 10.3 Å². The van der Waals surface area contributed by atoms with Crippen LogP contribution in [-0.4, -0.2) is 58.6 Å². The highest BCUT2D eigenvalue weighted by Gasteiger charge is 2.26. The van der Waals surface area contributed by atoms with Crippen molar-refractivity contribution in [2.75, 3.05) is 37.2 Å². The number of benzene rings is 3. The number of ether oxygens (including phenoxy) is 6. The van der Waals surface area contributed by atoms with Crippen LogP contribution in [0, 0.1) is 0 Å². The smallest absolute Gasteiger partial charge is 0.412 e. The fourth-order valence-corrected chi connectivity index (χ4v) is 5.36. The second-order valence-electron chi connectivity index (χ2n) is 10.2. The van der Waals surface area contributed by atoms with Crippen molar-refractivity contribution in [3.63, 3.8) is 0 Å². The lowest BCUT2D eigenvalue weighted by Gasteiger charge is -2.20. The molecule has 2 heterocycles. The summed E-state index contributed by atoms with van der Waals surface area (Å²) >= 11 is 0. The summed E-state index contributed by atoms with van der Waals surface area (Å²) in [4.78, 5) is 29.3. The third-order valence-electron chi connectivity index (χ3n) is 6.39. The number of para-hydroxylation sites is 2. The third kappa shape index (κ3) is 8.32. The quantitative estimate of drug-likeness (QED) is 0.161. The molecular formula is C32H32N4O10S. The van der Waals surface area contributed by atoms with Crippen LogP contribution in [0.2, 0.25) is 0 Å². The molecule has 15 heteroatoms. The van der Waals surface area contributed by atoms with Gasteiger partial charge in [-0.3, -0.25) is 14.8 Å². The number of nitrogens with one attached hydrogen (secondary N) is 3. The van der Waals surface area contributed by atoms with Gasteiger partial charge in [-0.15, -0.1) is 0 Å². The molecule has 0 fully saturated rings. The Bertz CT molecular complexity index is 1850. The Labute approximate surface area is 271 Å². The number of anilines is 2. The highest BCUT2D eigenvalue weighted by molar-refractivity contribution is 7.92. The van der Waals surface area contributed by atoms with Gasteiger partial charge in [0.05, 0.1) is 17.7 Å². The molecule has 3 N–H and O–H groups in total. The van der Waals surface area contributed by atoms with E-state index in [2.05, 4.69) is 20.3 Å². The molecule has 1 aliphatic rings. The van der Waals surface area contributed by atoms with Crippen LogP contribution in [-0.2, 0) is 14.8 Å². The highest BCUT2D eigenvalue weighted by atomic mass is 32.2. The number of aromatic nitrogens is 1. The van der Waals surface area contributed by atoms with Crippen LogP contribution >= 0.6 is 0 Å². The number of sulfonamides is 1. The van der Waals surface area contributed by atoms with E-state index in [1.165, 1.54) is 43.6 Å². The number of carbonyl (C=O) groups excluding carboxylic acids is 2. The lowest BCUT2D eigenvalue weighted by molar-refractivity contribution is 0.0942. The van der Waals surface area contributed by atoms with Crippen LogP contribution in [0.25, 0.3) is 0 Å². The molecule has 0 unspecified atom stereocenters. The van der Waals surface area contributed by atoms with Crippen molar-refractivity contribution in [2.24, 2.45) is 0 Å². The SMILES string of the molecule is COc1ccccc1Oc1c(NS(=O)(=O)c2ccc3c(c2)OCO3)cc(C(=O)NC(C)C)cc1OCCOC(=O)Nc1ccccn1. The average molecular weight is 665 g/mol. The molecule has 246 valence electrons. The van der Waals surface area contributed by atoms with Gasteiger partial charge in [0.2, 0.25) is 6.79 Å². The molecule has 1 aliphatic heterocycles. The molecule has 14 nitrogen and oxygen atoms in total. The first-order chi connectivity index (χ1) is 22.6. The summed E-state index contributed by atoms with van der Waals surface area (Å²) in [5.74, 6) is 0.940. The van der Waals surface area contributed by atoms with E-state index < -0.39 is 22.0 Å². The molecule has 3 aromatic carbocycles. The Morgan fingerprint density at radius 1 is 0.915 bits per heavy atom. The zero-order valence-corrected chi connectivity index (χ0v) is 26.5. The normalized spacial score (nSPS) is 11.8. The molecular weight excluding hydrogens is 632 g/mol. The monoisotopic (exact) mass is 664 g/mol. The largest absolute Gasteiger partial charge is 0.493 e. The first kappa shape index (κ1) is 32.7. The fourth-order valence-electron chi connectivity index (χ4n) is 4.29. The van der Waals surface area contributed by atoms with Crippen LogP contribution in [0.15, 0.2) is 83.9 Å². The van der Waals surface area contributed by atoms with Gasteiger partial charge in [0.25, 0.3) is 15.9 Å². The van der Waals surface area contributed by atoms with Crippen molar-refractivity contribution in [3.8, 4) is 34.5 Å². The van der Waals surface area contributed by atoms with E-state index in [9.17, 15) is 18.0 Å². The van der Waals surface area contributed by atoms with Gasteiger partial charge in [-0.25, -0.2) is 18.2 Å². The minimum atomic E-state index is -4.28. The van der Waals surface area contributed by atoms with Crippen LogP contribution in [0.1, 0.15) is 24.2 Å². The van der Waals surface area contributed by atoms with Crippen molar-refractivity contribution >= 4 is 33.5 Å². The zero-order valence-electron chi connectivity index (χ0n) is 25.6. The summed E-state index contributed by atoms with van der Waals surface area (Å²) in [6, 6.07) is 18.4. The summed E-state index contributed by atoms with van der Waals surface area (Å²) in [5, 5.41) is 5.28. The van der Waals surface area contributed by atoms with E-state index >= 15 is 0 Å². The number of pyridine rings is 1. The molecule has 4 aromatic rings. The minimum Gasteiger partial charge on any atom is -0.493 e. The highest BCUT2D eigenvalue weighted by Crippen LogP contribution is 2.44. The minimum absolute atomic E-state index is 0.0237. The van der Waals surface area contributed by atoms with Gasteiger partial charge >= 0.3 is 6.09 Å².